The zero-order valence-corrected chi connectivity index (χ0v) is 24.7. The van der Waals surface area contributed by atoms with Gasteiger partial charge in [-0.05, 0) is 61.1 Å². The van der Waals surface area contributed by atoms with Crippen LogP contribution < -0.4 is 16.0 Å². The van der Waals surface area contributed by atoms with E-state index in [4.69, 9.17) is 0 Å². The molecule has 4 N–H and O–H groups in total. The third kappa shape index (κ3) is 8.29. The highest BCUT2D eigenvalue weighted by atomic mass is 19.1. The van der Waals surface area contributed by atoms with Gasteiger partial charge in [0.15, 0.2) is 5.78 Å². The van der Waals surface area contributed by atoms with Gasteiger partial charge in [-0.25, -0.2) is 4.39 Å². The molecule has 0 bridgehead atoms. The summed E-state index contributed by atoms with van der Waals surface area (Å²) in [6.45, 7) is 0.648. The van der Waals surface area contributed by atoms with Crippen molar-refractivity contribution in [3.05, 3.63) is 108 Å². The number of amides is 3. The maximum Gasteiger partial charge on any atom is 0.289 e. The van der Waals surface area contributed by atoms with Gasteiger partial charge in [0, 0.05) is 42.2 Å². The summed E-state index contributed by atoms with van der Waals surface area (Å²) in [6, 6.07) is 22.7. The lowest BCUT2D eigenvalue weighted by Crippen LogP contribution is -2.51. The molecule has 1 fully saturated rings. The van der Waals surface area contributed by atoms with Crippen molar-refractivity contribution in [2.45, 2.75) is 44.7 Å². The lowest BCUT2D eigenvalue weighted by molar-refractivity contribution is -0.141. The van der Waals surface area contributed by atoms with Gasteiger partial charge in [-0.15, -0.1) is 0 Å². The van der Waals surface area contributed by atoms with E-state index in [1.807, 2.05) is 60.7 Å². The van der Waals surface area contributed by atoms with E-state index in [2.05, 4.69) is 20.9 Å². The molecule has 1 saturated heterocycles. The molecule has 0 unspecified atom stereocenters. The summed E-state index contributed by atoms with van der Waals surface area (Å²) < 4.78 is 13.7. The van der Waals surface area contributed by atoms with E-state index in [-0.39, 0.29) is 43.2 Å². The summed E-state index contributed by atoms with van der Waals surface area (Å²) in [5.74, 6) is -4.81. The molecule has 45 heavy (non-hydrogen) atoms. The summed E-state index contributed by atoms with van der Waals surface area (Å²) in [6.07, 6.45) is 1.17. The van der Waals surface area contributed by atoms with E-state index >= 15 is 0 Å². The van der Waals surface area contributed by atoms with Gasteiger partial charge in [0.05, 0.1) is 11.7 Å². The molecule has 3 aromatic carbocycles. The topological polar surface area (TPSA) is 137 Å². The molecule has 4 aromatic rings. The van der Waals surface area contributed by atoms with Gasteiger partial charge in [0.1, 0.15) is 5.82 Å². The minimum absolute atomic E-state index is 0.0469. The first kappa shape index (κ1) is 31.3. The van der Waals surface area contributed by atoms with Crippen molar-refractivity contribution in [2.75, 3.05) is 6.54 Å². The van der Waals surface area contributed by atoms with Crippen molar-refractivity contribution in [3.8, 4) is 0 Å². The van der Waals surface area contributed by atoms with Crippen LogP contribution in [0, 0.1) is 17.7 Å². The van der Waals surface area contributed by atoms with Crippen molar-refractivity contribution < 1.29 is 28.4 Å². The number of aromatic nitrogens is 1. The summed E-state index contributed by atoms with van der Waals surface area (Å²) in [4.78, 5) is 69.3. The fraction of sp³-hybridized carbons (Fsp3) is 0.286. The molecule has 1 aliphatic rings. The normalized spacial score (nSPS) is 15.9. The Labute approximate surface area is 260 Å². The first-order valence-electron chi connectivity index (χ1n) is 15.1. The first-order valence-corrected chi connectivity index (χ1v) is 15.1. The van der Waals surface area contributed by atoms with Gasteiger partial charge >= 0.3 is 0 Å². The lowest BCUT2D eigenvalue weighted by Gasteiger charge is -2.27. The summed E-state index contributed by atoms with van der Waals surface area (Å²) >= 11 is 0. The minimum atomic E-state index is -1.27. The molecule has 10 heteroatoms. The number of ketones is 2. The van der Waals surface area contributed by atoms with Gasteiger partial charge in [-0.3, -0.25) is 24.0 Å². The Morgan fingerprint density at radius 1 is 0.911 bits per heavy atom. The lowest BCUT2D eigenvalue weighted by atomic mass is 9.88. The van der Waals surface area contributed by atoms with Gasteiger partial charge < -0.3 is 20.9 Å². The largest absolute Gasteiger partial charge is 0.356 e. The Kier molecular flexibility index (Phi) is 10.1. The number of halogens is 1. The summed E-state index contributed by atoms with van der Waals surface area (Å²) in [5.41, 5.74) is 2.29. The molecule has 2 heterocycles. The number of hydrogen-bond acceptors (Lipinski definition) is 5. The number of carbonyl (C=O) groups is 5. The molecule has 1 aliphatic heterocycles. The molecular formula is C35H35FN4O5. The molecular weight excluding hydrogens is 575 g/mol. The third-order valence-corrected chi connectivity index (χ3v) is 8.08. The monoisotopic (exact) mass is 610 g/mol. The number of aromatic amines is 1. The fourth-order valence-electron chi connectivity index (χ4n) is 5.63. The fourth-order valence-corrected chi connectivity index (χ4v) is 5.63. The van der Waals surface area contributed by atoms with E-state index in [9.17, 15) is 28.4 Å². The van der Waals surface area contributed by atoms with Crippen LogP contribution >= 0.6 is 0 Å². The number of piperidine rings is 1. The molecule has 232 valence electrons. The van der Waals surface area contributed by atoms with E-state index in [1.54, 1.807) is 12.1 Å². The highest BCUT2D eigenvalue weighted by molar-refractivity contribution is 6.38. The van der Waals surface area contributed by atoms with Gasteiger partial charge in [-0.1, -0.05) is 60.7 Å². The molecule has 0 aliphatic carbocycles. The van der Waals surface area contributed by atoms with Crippen LogP contribution in [-0.4, -0.2) is 46.9 Å². The number of hydrogen-bond donors (Lipinski definition) is 4. The highest BCUT2D eigenvalue weighted by Gasteiger charge is 2.35. The standard InChI is InChI=1S/C35H35FN4O5/c36-27-14-13-24-17-29(39-28(24)20-27)31(41)19-26(16-22-8-3-1-4-9-22)34(44)40-30(18-25-12-7-15-37-33(25)43)32(42)35(45)38-21-23-10-5-2-6-11-23/h1-6,8-11,13-14,17,20,25-26,30,39H,7,12,15-16,18-19,21H2,(H,37,43)(H,38,45)(H,40,44)/t25-,26+,30-/m0/s1. The van der Waals surface area contributed by atoms with Crippen LogP contribution in [0.25, 0.3) is 10.9 Å². The average molecular weight is 611 g/mol. The predicted molar refractivity (Wildman–Crippen MR) is 166 cm³/mol. The number of carbonyl (C=O) groups excluding carboxylic acids is 5. The van der Waals surface area contributed by atoms with Crippen LogP contribution in [0.4, 0.5) is 4.39 Å². The smallest absolute Gasteiger partial charge is 0.289 e. The first-order chi connectivity index (χ1) is 21.8. The molecule has 0 spiro atoms. The molecule has 0 saturated carbocycles. The molecule has 3 amide bonds. The second-order valence-corrected chi connectivity index (χ2v) is 11.4. The molecule has 3 atom stereocenters. The Balaban J connectivity index is 1.36. The zero-order valence-electron chi connectivity index (χ0n) is 24.7. The Morgan fingerprint density at radius 3 is 2.33 bits per heavy atom. The maximum absolute atomic E-state index is 13.9. The number of nitrogens with one attached hydrogen (secondary N) is 4. The van der Waals surface area contributed by atoms with Crippen LogP contribution in [0.3, 0.4) is 0 Å². The highest BCUT2D eigenvalue weighted by Crippen LogP contribution is 2.23. The minimum Gasteiger partial charge on any atom is -0.356 e. The van der Waals surface area contributed by atoms with Crippen molar-refractivity contribution in [1.82, 2.24) is 20.9 Å². The number of benzene rings is 3. The van der Waals surface area contributed by atoms with Crippen molar-refractivity contribution in [2.24, 2.45) is 11.8 Å². The van der Waals surface area contributed by atoms with Crippen molar-refractivity contribution in [1.29, 1.82) is 0 Å². The van der Waals surface area contributed by atoms with E-state index in [0.29, 0.717) is 30.3 Å². The van der Waals surface area contributed by atoms with Gasteiger partial charge in [-0.2, -0.15) is 0 Å². The Hall–Kier alpha value is -5.12. The second kappa shape index (κ2) is 14.6. The number of Topliss-reactive ketones (excluding diaryl/α,β-unsaturated/α-hetero) is 2. The SMILES string of the molecule is O=C(NCc1ccccc1)C(=O)[C@H](C[C@@H]1CCCNC1=O)NC(=O)[C@@H](CC(=O)c1cc2ccc(F)cc2[nH]1)Cc1ccccc1. The van der Waals surface area contributed by atoms with E-state index in [0.717, 1.165) is 11.1 Å². The third-order valence-electron chi connectivity index (χ3n) is 8.08. The zero-order chi connectivity index (χ0) is 31.8. The van der Waals surface area contributed by atoms with Gasteiger partial charge in [0.2, 0.25) is 17.6 Å². The van der Waals surface area contributed by atoms with Crippen LogP contribution in [-0.2, 0) is 32.1 Å². The molecule has 9 nitrogen and oxygen atoms in total. The molecule has 0 radical (unpaired) electrons. The Bertz CT molecular complexity index is 1690. The van der Waals surface area contributed by atoms with Gasteiger partial charge in [0.25, 0.3) is 5.91 Å². The number of H-pyrrole nitrogens is 1. The second-order valence-electron chi connectivity index (χ2n) is 11.4. The summed E-state index contributed by atoms with van der Waals surface area (Å²) in [5, 5.41) is 8.79. The predicted octanol–water partition coefficient (Wildman–Crippen LogP) is 4.03. The summed E-state index contributed by atoms with van der Waals surface area (Å²) in [7, 11) is 0. The van der Waals surface area contributed by atoms with Crippen molar-refractivity contribution >= 4 is 40.2 Å². The average Bonchev–Trinajstić information content (AvgIpc) is 3.48. The maximum atomic E-state index is 13.9. The molecule has 5 rings (SSSR count). The van der Waals surface area contributed by atoms with E-state index < -0.39 is 41.3 Å². The molecule has 1 aromatic heterocycles. The van der Waals surface area contributed by atoms with E-state index in [1.165, 1.54) is 12.1 Å². The quantitative estimate of drug-likeness (QED) is 0.134. The number of rotatable bonds is 13. The number of fused-ring (bicyclic) bond motifs is 1. The van der Waals surface area contributed by atoms with Crippen LogP contribution in [0.1, 0.15) is 47.3 Å². The van der Waals surface area contributed by atoms with Crippen LogP contribution in [0.5, 0.6) is 0 Å². The van der Waals surface area contributed by atoms with Crippen molar-refractivity contribution in [3.63, 3.8) is 0 Å². The Morgan fingerprint density at radius 2 is 1.62 bits per heavy atom. The van der Waals surface area contributed by atoms with Crippen LogP contribution in [0.2, 0.25) is 0 Å². The van der Waals surface area contributed by atoms with Crippen LogP contribution in [0.15, 0.2) is 84.9 Å².